The van der Waals surface area contributed by atoms with Crippen molar-refractivity contribution in [1.29, 1.82) is 0 Å². The Morgan fingerprint density at radius 3 is 1.59 bits per heavy atom. The Bertz CT molecular complexity index is 464. The second-order valence-corrected chi connectivity index (χ2v) is 2.84. The lowest BCUT2D eigenvalue weighted by atomic mass is 10.1. The fraction of sp³-hybridized carbons (Fsp3) is 0.143. The molecule has 0 aliphatic carbocycles. The highest BCUT2D eigenvalue weighted by Gasteiger charge is 2.37. The summed E-state index contributed by atoms with van der Waals surface area (Å²) in [5.74, 6) is -1.91. The van der Waals surface area contributed by atoms with E-state index in [0.29, 0.717) is 0 Å². The maximum Gasteiger partial charge on any atom is 0.416 e. The van der Waals surface area contributed by atoms with Crippen LogP contribution in [-0.2, 0) is 6.18 Å². The van der Waals surface area contributed by atoms with Gasteiger partial charge < -0.3 is 0 Å². The summed E-state index contributed by atoms with van der Waals surface area (Å²) in [4.78, 5) is 17.6. The number of nitrogens with zero attached hydrogens (tertiary/aromatic N) is 2. The van der Waals surface area contributed by atoms with Crippen LogP contribution >= 0.6 is 0 Å². The molecule has 0 amide bonds. The zero-order chi connectivity index (χ0) is 13.4. The lowest BCUT2D eigenvalue weighted by Gasteiger charge is -2.06. The maximum atomic E-state index is 13.1. The van der Waals surface area contributed by atoms with Gasteiger partial charge in [0.05, 0.1) is 15.4 Å². The van der Waals surface area contributed by atoms with Crippen LogP contribution in [-0.4, -0.2) is 9.85 Å². The molecule has 0 aliphatic rings. The highest BCUT2D eigenvalue weighted by molar-refractivity contribution is 5.49. The first-order valence-electron chi connectivity index (χ1n) is 3.84. The van der Waals surface area contributed by atoms with E-state index in [9.17, 15) is 37.8 Å². The van der Waals surface area contributed by atoms with Gasteiger partial charge in [-0.3, -0.25) is 20.2 Å². The number of benzene rings is 1. The third-order valence-electron chi connectivity index (χ3n) is 1.75. The van der Waals surface area contributed by atoms with Crippen LogP contribution in [0.4, 0.5) is 28.9 Å². The smallest absolute Gasteiger partial charge is 0.258 e. The third-order valence-corrected chi connectivity index (χ3v) is 1.75. The molecule has 0 spiro atoms. The van der Waals surface area contributed by atoms with Crippen molar-refractivity contribution in [2.24, 2.45) is 0 Å². The standard InChI is InChI=1S/C7H2F4N2O4/c8-6-4(12(14)15)1-3(7(9,10)11)2-5(6)13(16)17/h1-2H. The number of nitro groups is 2. The molecular formula is C7H2F4N2O4. The number of halogens is 4. The van der Waals surface area contributed by atoms with Crippen LogP contribution in [0.25, 0.3) is 0 Å². The molecule has 10 heteroatoms. The summed E-state index contributed by atoms with van der Waals surface area (Å²) in [5.41, 5.74) is -4.84. The molecule has 6 nitrogen and oxygen atoms in total. The van der Waals surface area contributed by atoms with E-state index in [1.54, 1.807) is 0 Å². The number of alkyl halides is 3. The summed E-state index contributed by atoms with van der Waals surface area (Å²) in [6.45, 7) is 0. The largest absolute Gasteiger partial charge is 0.416 e. The van der Waals surface area contributed by atoms with Gasteiger partial charge in [0.2, 0.25) is 0 Å². The monoisotopic (exact) mass is 254 g/mol. The van der Waals surface area contributed by atoms with E-state index in [4.69, 9.17) is 0 Å². The number of hydrogen-bond acceptors (Lipinski definition) is 4. The van der Waals surface area contributed by atoms with Crippen LogP contribution in [0.15, 0.2) is 12.1 Å². The van der Waals surface area contributed by atoms with E-state index in [0.717, 1.165) is 0 Å². The maximum absolute atomic E-state index is 13.1. The second-order valence-electron chi connectivity index (χ2n) is 2.84. The Morgan fingerprint density at radius 1 is 1.00 bits per heavy atom. The van der Waals surface area contributed by atoms with Gasteiger partial charge in [-0.05, 0) is 0 Å². The Kier molecular flexibility index (Phi) is 2.98. The molecule has 0 N–H and O–H groups in total. The molecule has 17 heavy (non-hydrogen) atoms. The molecule has 0 atom stereocenters. The van der Waals surface area contributed by atoms with Crippen molar-refractivity contribution >= 4 is 11.4 Å². The highest BCUT2D eigenvalue weighted by Crippen LogP contribution is 2.36. The molecular weight excluding hydrogens is 252 g/mol. The van der Waals surface area contributed by atoms with Gasteiger partial charge >= 0.3 is 17.6 Å². The van der Waals surface area contributed by atoms with Gasteiger partial charge in [0.25, 0.3) is 5.82 Å². The van der Waals surface area contributed by atoms with Crippen molar-refractivity contribution in [3.8, 4) is 0 Å². The molecule has 0 saturated heterocycles. The van der Waals surface area contributed by atoms with Crippen molar-refractivity contribution < 1.29 is 27.4 Å². The van der Waals surface area contributed by atoms with Gasteiger partial charge in [-0.15, -0.1) is 0 Å². The molecule has 0 heterocycles. The molecule has 1 rings (SSSR count). The highest BCUT2D eigenvalue weighted by atomic mass is 19.4. The Labute approximate surface area is 89.8 Å². The van der Waals surface area contributed by atoms with Crippen molar-refractivity contribution in [3.05, 3.63) is 43.7 Å². The summed E-state index contributed by atoms with van der Waals surface area (Å²) < 4.78 is 49.8. The molecule has 1 aromatic rings. The predicted molar refractivity (Wildman–Crippen MR) is 44.7 cm³/mol. The van der Waals surface area contributed by atoms with Crippen LogP contribution in [0.3, 0.4) is 0 Å². The summed E-state index contributed by atoms with van der Waals surface area (Å²) in [5, 5.41) is 20.5. The molecule has 0 fully saturated rings. The third kappa shape index (κ3) is 2.46. The minimum absolute atomic E-state index is 0.0949. The molecule has 0 aliphatic heterocycles. The van der Waals surface area contributed by atoms with Crippen molar-refractivity contribution in [1.82, 2.24) is 0 Å². The normalized spacial score (nSPS) is 11.3. The van der Waals surface area contributed by atoms with Gasteiger partial charge in [0, 0.05) is 12.1 Å². The number of rotatable bonds is 2. The summed E-state index contributed by atoms with van der Waals surface area (Å²) >= 11 is 0. The fourth-order valence-electron chi connectivity index (χ4n) is 1.02. The predicted octanol–water partition coefficient (Wildman–Crippen LogP) is 2.66. The lowest BCUT2D eigenvalue weighted by molar-refractivity contribution is -0.399. The first-order valence-corrected chi connectivity index (χ1v) is 3.84. The minimum Gasteiger partial charge on any atom is -0.258 e. The number of nitro benzene ring substituents is 2. The topological polar surface area (TPSA) is 86.3 Å². The summed E-state index contributed by atoms with van der Waals surface area (Å²) in [6.07, 6.45) is -5.04. The van der Waals surface area contributed by atoms with E-state index in [-0.39, 0.29) is 12.1 Å². The van der Waals surface area contributed by atoms with Gasteiger partial charge in [0.1, 0.15) is 0 Å². The van der Waals surface area contributed by atoms with Crippen molar-refractivity contribution in [3.63, 3.8) is 0 Å². The zero-order valence-electron chi connectivity index (χ0n) is 7.69. The van der Waals surface area contributed by atoms with Gasteiger partial charge in [-0.25, -0.2) is 0 Å². The average molecular weight is 254 g/mol. The molecule has 0 saturated carbocycles. The quantitative estimate of drug-likeness (QED) is 0.461. The van der Waals surface area contributed by atoms with E-state index in [1.165, 1.54) is 0 Å². The van der Waals surface area contributed by atoms with Crippen LogP contribution in [0.1, 0.15) is 5.56 Å². The van der Waals surface area contributed by atoms with E-state index in [1.807, 2.05) is 0 Å². The van der Waals surface area contributed by atoms with Gasteiger partial charge in [0.15, 0.2) is 0 Å². The molecule has 92 valence electrons. The Hall–Kier alpha value is -2.26. The van der Waals surface area contributed by atoms with Crippen LogP contribution in [0.2, 0.25) is 0 Å². The van der Waals surface area contributed by atoms with Crippen LogP contribution in [0.5, 0.6) is 0 Å². The van der Waals surface area contributed by atoms with Crippen LogP contribution < -0.4 is 0 Å². The zero-order valence-corrected chi connectivity index (χ0v) is 7.69. The summed E-state index contributed by atoms with van der Waals surface area (Å²) in [7, 11) is 0. The molecule has 0 aromatic heterocycles. The second kappa shape index (κ2) is 3.96. The molecule has 0 bridgehead atoms. The van der Waals surface area contributed by atoms with Crippen molar-refractivity contribution in [2.75, 3.05) is 0 Å². The van der Waals surface area contributed by atoms with E-state index in [2.05, 4.69) is 0 Å². The van der Waals surface area contributed by atoms with Gasteiger partial charge in [-0.1, -0.05) is 0 Å². The van der Waals surface area contributed by atoms with Gasteiger partial charge in [-0.2, -0.15) is 17.6 Å². The Morgan fingerprint density at radius 2 is 1.35 bits per heavy atom. The van der Waals surface area contributed by atoms with E-state index >= 15 is 0 Å². The first-order chi connectivity index (χ1) is 7.64. The van der Waals surface area contributed by atoms with E-state index < -0.39 is 38.8 Å². The Balaban J connectivity index is 3.59. The molecule has 1 aromatic carbocycles. The minimum atomic E-state index is -5.04. The van der Waals surface area contributed by atoms with Crippen molar-refractivity contribution in [2.45, 2.75) is 6.18 Å². The molecule has 0 radical (unpaired) electrons. The molecule has 0 unspecified atom stereocenters. The number of hydrogen-bond donors (Lipinski definition) is 0. The fourth-order valence-corrected chi connectivity index (χ4v) is 1.02. The SMILES string of the molecule is O=[N+]([O-])c1cc(C(F)(F)F)cc([N+](=O)[O-])c1F. The van der Waals surface area contributed by atoms with Crippen LogP contribution in [0, 0.1) is 26.0 Å². The first kappa shape index (κ1) is 12.8. The summed E-state index contributed by atoms with van der Waals surface area (Å²) in [6, 6.07) is -0.190. The lowest BCUT2D eigenvalue weighted by Crippen LogP contribution is -2.08. The average Bonchev–Trinajstić information content (AvgIpc) is 2.14.